The van der Waals surface area contributed by atoms with E-state index < -0.39 is 12.1 Å². The van der Waals surface area contributed by atoms with Crippen LogP contribution in [-0.2, 0) is 0 Å². The van der Waals surface area contributed by atoms with Gasteiger partial charge in [0.2, 0.25) is 0 Å². The summed E-state index contributed by atoms with van der Waals surface area (Å²) >= 11 is 0. The van der Waals surface area contributed by atoms with E-state index in [2.05, 4.69) is 4.98 Å². The molecular formula is C36H22N2O. The third-order valence-corrected chi connectivity index (χ3v) is 7.10. The summed E-state index contributed by atoms with van der Waals surface area (Å²) in [6, 6.07) is 26.6. The number of nitrogens with zero attached hydrogens (tertiary/aromatic N) is 2. The van der Waals surface area contributed by atoms with E-state index in [1.807, 2.05) is 72.8 Å². The topological polar surface area (TPSA) is 38.9 Å². The van der Waals surface area contributed by atoms with Crippen molar-refractivity contribution in [3.8, 4) is 33.9 Å². The fraction of sp³-hybridized carbons (Fsp3) is 0. The minimum atomic E-state index is -0.431. The first-order valence-electron chi connectivity index (χ1n) is 15.6. The van der Waals surface area contributed by atoms with Crippen LogP contribution in [0, 0.1) is 0 Å². The Labute approximate surface area is 233 Å². The molecule has 0 spiro atoms. The van der Waals surface area contributed by atoms with E-state index in [4.69, 9.17) is 14.9 Å². The molecule has 3 heteroatoms. The van der Waals surface area contributed by atoms with Crippen LogP contribution >= 0.6 is 0 Å². The van der Waals surface area contributed by atoms with Gasteiger partial charge in [0.05, 0.1) is 25.0 Å². The van der Waals surface area contributed by atoms with E-state index in [-0.39, 0.29) is 51.8 Å². The van der Waals surface area contributed by atoms with Crippen LogP contribution < -0.4 is 0 Å². The molecule has 182 valence electrons. The Kier molecular flexibility index (Phi) is 3.66. The Balaban J connectivity index is 1.43. The molecule has 0 radical (unpaired) electrons. The van der Waals surface area contributed by atoms with Crippen molar-refractivity contribution in [2.75, 3.05) is 0 Å². The Morgan fingerprint density at radius 2 is 1.21 bits per heavy atom. The Hall–Kier alpha value is -5.28. The number of hydrogen-bond acceptors (Lipinski definition) is 3. The van der Waals surface area contributed by atoms with E-state index in [9.17, 15) is 2.74 Å². The third-order valence-electron chi connectivity index (χ3n) is 7.10. The van der Waals surface area contributed by atoms with Crippen molar-refractivity contribution in [3.63, 3.8) is 0 Å². The van der Waals surface area contributed by atoms with Crippen LogP contribution in [0.2, 0.25) is 0 Å². The molecule has 0 bridgehead atoms. The van der Waals surface area contributed by atoms with E-state index >= 15 is 0 Å². The standard InChI is InChI=1S/C36H22N2O/c1-2-10-26-23(7-1)8-5-13-30(26)33-20-21-34(39-33)31-18-17-29(27-11-3-4-12-28(27)31)32-19-16-25-15-14-24-9-6-22-37-35(24)36(25)38-32/h1-22H/i3D,4D,11D,12D,17D,18D. The molecule has 3 heterocycles. The average molecular weight is 505 g/mol. The van der Waals surface area contributed by atoms with Gasteiger partial charge in [-0.1, -0.05) is 96.9 Å². The first kappa shape index (κ1) is 16.5. The highest BCUT2D eigenvalue weighted by Crippen LogP contribution is 2.39. The number of fused-ring (bicyclic) bond motifs is 5. The largest absolute Gasteiger partial charge is 0.456 e. The molecule has 0 fully saturated rings. The van der Waals surface area contributed by atoms with Gasteiger partial charge in [-0.3, -0.25) is 4.98 Å². The summed E-state index contributed by atoms with van der Waals surface area (Å²) < 4.78 is 59.7. The molecule has 0 aliphatic carbocycles. The van der Waals surface area contributed by atoms with Gasteiger partial charge in [0.15, 0.2) is 0 Å². The second-order valence-corrected chi connectivity index (χ2v) is 9.35. The maximum Gasteiger partial charge on any atom is 0.135 e. The van der Waals surface area contributed by atoms with Crippen molar-refractivity contribution in [1.29, 1.82) is 0 Å². The zero-order valence-electron chi connectivity index (χ0n) is 26.5. The maximum atomic E-state index is 9.21. The normalized spacial score (nSPS) is 13.7. The molecule has 0 saturated carbocycles. The first-order chi connectivity index (χ1) is 21.8. The Morgan fingerprint density at radius 1 is 0.513 bits per heavy atom. The fourth-order valence-corrected chi connectivity index (χ4v) is 5.23. The average Bonchev–Trinajstić information content (AvgIpc) is 3.56. The zero-order chi connectivity index (χ0) is 31.0. The second kappa shape index (κ2) is 8.64. The number of benzene rings is 5. The van der Waals surface area contributed by atoms with E-state index in [1.54, 1.807) is 24.4 Å². The quantitative estimate of drug-likeness (QED) is 0.225. The number of furan rings is 1. The molecule has 0 aliphatic rings. The van der Waals surface area contributed by atoms with Crippen LogP contribution in [0.15, 0.2) is 138 Å². The fourth-order valence-electron chi connectivity index (χ4n) is 5.23. The number of hydrogen-bond donors (Lipinski definition) is 0. The van der Waals surface area contributed by atoms with Crippen molar-refractivity contribution in [1.82, 2.24) is 9.97 Å². The summed E-state index contributed by atoms with van der Waals surface area (Å²) in [5.41, 5.74) is 2.72. The van der Waals surface area contributed by atoms with Crippen molar-refractivity contribution in [2.24, 2.45) is 0 Å². The van der Waals surface area contributed by atoms with Gasteiger partial charge >= 0.3 is 0 Å². The lowest BCUT2D eigenvalue weighted by atomic mass is 9.96. The van der Waals surface area contributed by atoms with E-state index in [1.165, 1.54) is 0 Å². The highest BCUT2D eigenvalue weighted by Gasteiger charge is 2.15. The lowest BCUT2D eigenvalue weighted by Gasteiger charge is -2.11. The van der Waals surface area contributed by atoms with Crippen molar-refractivity contribution in [2.45, 2.75) is 0 Å². The molecule has 0 unspecified atom stereocenters. The van der Waals surface area contributed by atoms with Gasteiger partial charge in [0.25, 0.3) is 0 Å². The summed E-state index contributed by atoms with van der Waals surface area (Å²) in [5, 5.41) is 3.97. The Bertz CT molecular complexity index is 2520. The van der Waals surface area contributed by atoms with Crippen molar-refractivity contribution >= 4 is 43.4 Å². The minimum absolute atomic E-state index is 0.105. The Morgan fingerprint density at radius 3 is 2.10 bits per heavy atom. The molecular weight excluding hydrogens is 476 g/mol. The predicted octanol–water partition coefficient (Wildman–Crippen LogP) is 9.68. The van der Waals surface area contributed by atoms with E-state index in [0.717, 1.165) is 27.1 Å². The molecule has 0 N–H and O–H groups in total. The molecule has 3 nitrogen and oxygen atoms in total. The second-order valence-electron chi connectivity index (χ2n) is 9.35. The third kappa shape index (κ3) is 3.52. The van der Waals surface area contributed by atoms with E-state index in [0.29, 0.717) is 22.5 Å². The van der Waals surface area contributed by atoms with Crippen LogP contribution in [0.4, 0.5) is 0 Å². The van der Waals surface area contributed by atoms with Gasteiger partial charge in [0, 0.05) is 33.7 Å². The monoisotopic (exact) mass is 504 g/mol. The summed E-state index contributed by atoms with van der Waals surface area (Å²) in [7, 11) is 0. The molecule has 0 atom stereocenters. The first-order valence-corrected chi connectivity index (χ1v) is 12.6. The summed E-state index contributed by atoms with van der Waals surface area (Å²) in [6.07, 6.45) is 1.68. The predicted molar refractivity (Wildman–Crippen MR) is 161 cm³/mol. The van der Waals surface area contributed by atoms with Gasteiger partial charge in [0.1, 0.15) is 11.5 Å². The smallest absolute Gasteiger partial charge is 0.135 e. The molecule has 0 aliphatic heterocycles. The highest BCUT2D eigenvalue weighted by molar-refractivity contribution is 6.07. The van der Waals surface area contributed by atoms with Gasteiger partial charge in [-0.2, -0.15) is 0 Å². The van der Waals surface area contributed by atoms with Crippen LogP contribution in [0.3, 0.4) is 0 Å². The van der Waals surface area contributed by atoms with Gasteiger partial charge < -0.3 is 4.42 Å². The molecule has 5 aromatic carbocycles. The lowest BCUT2D eigenvalue weighted by Crippen LogP contribution is -1.90. The molecule has 3 aromatic heterocycles. The molecule has 0 amide bonds. The maximum absolute atomic E-state index is 9.21. The molecule has 8 rings (SSSR count). The van der Waals surface area contributed by atoms with Crippen LogP contribution in [0.1, 0.15) is 8.22 Å². The summed E-state index contributed by atoms with van der Waals surface area (Å²) in [4.78, 5) is 9.40. The van der Waals surface area contributed by atoms with Crippen molar-refractivity contribution < 1.29 is 12.6 Å². The summed E-state index contributed by atoms with van der Waals surface area (Å²) in [5.74, 6) is 0.779. The SMILES string of the molecule is [2H]c1c([2H])c([2H])c2c(-c3ccc(-c4cccc5ccccc45)o3)c([2H])c([2H])c(-c3ccc4ccc5cccnc5c4n3)c2c1[2H]. The summed E-state index contributed by atoms with van der Waals surface area (Å²) in [6.45, 7) is 0. The molecule has 8 aromatic rings. The molecule has 0 saturated heterocycles. The minimum Gasteiger partial charge on any atom is -0.456 e. The molecule has 39 heavy (non-hydrogen) atoms. The van der Waals surface area contributed by atoms with Crippen LogP contribution in [0.25, 0.3) is 77.3 Å². The number of pyridine rings is 2. The number of aromatic nitrogens is 2. The van der Waals surface area contributed by atoms with Crippen LogP contribution in [0.5, 0.6) is 0 Å². The van der Waals surface area contributed by atoms with Crippen molar-refractivity contribution in [3.05, 3.63) is 133 Å². The lowest BCUT2D eigenvalue weighted by molar-refractivity contribution is 0.598. The van der Waals surface area contributed by atoms with Crippen LogP contribution in [-0.4, -0.2) is 9.97 Å². The highest BCUT2D eigenvalue weighted by atomic mass is 16.3. The number of rotatable bonds is 3. The zero-order valence-corrected chi connectivity index (χ0v) is 20.5. The van der Waals surface area contributed by atoms with Gasteiger partial charge in [-0.05, 0) is 51.9 Å². The van der Waals surface area contributed by atoms with Gasteiger partial charge in [-0.25, -0.2) is 4.98 Å². The van der Waals surface area contributed by atoms with Gasteiger partial charge in [-0.15, -0.1) is 0 Å².